The number of hydrogen-bond acceptors (Lipinski definition) is 3. The van der Waals surface area contributed by atoms with E-state index in [1.165, 1.54) is 0 Å². The van der Waals surface area contributed by atoms with Crippen LogP contribution in [0.15, 0.2) is 0 Å². The molecule has 0 aromatic rings. The highest BCUT2D eigenvalue weighted by Crippen LogP contribution is 2.32. The first-order valence-electron chi connectivity index (χ1n) is 4.83. The van der Waals surface area contributed by atoms with Gasteiger partial charge in [0.25, 0.3) is 0 Å². The molecule has 2 unspecified atom stereocenters. The molecular formula is C8H17IN2O2S. The Morgan fingerprint density at radius 3 is 2.29 bits per heavy atom. The molecule has 0 aliphatic carbocycles. The summed E-state index contributed by atoms with van der Waals surface area (Å²) in [6, 6.07) is 0.495. The summed E-state index contributed by atoms with van der Waals surface area (Å²) in [5.74, 6) is 0. The van der Waals surface area contributed by atoms with Crippen molar-refractivity contribution >= 4 is 32.6 Å². The fourth-order valence-corrected chi connectivity index (χ4v) is 4.83. The van der Waals surface area contributed by atoms with Crippen molar-refractivity contribution in [1.29, 1.82) is 0 Å². The van der Waals surface area contributed by atoms with Crippen molar-refractivity contribution in [3.8, 4) is 0 Å². The van der Waals surface area contributed by atoms with Crippen LogP contribution in [0.1, 0.15) is 26.7 Å². The number of likely N-dealkylation sites (tertiary alicyclic amines) is 1. The van der Waals surface area contributed by atoms with Gasteiger partial charge in [0.2, 0.25) is 10.0 Å². The van der Waals surface area contributed by atoms with Gasteiger partial charge in [0, 0.05) is 12.6 Å². The van der Waals surface area contributed by atoms with Crippen LogP contribution in [0.4, 0.5) is 0 Å². The monoisotopic (exact) mass is 332 g/mol. The van der Waals surface area contributed by atoms with Gasteiger partial charge in [-0.25, -0.2) is 13.6 Å². The lowest BCUT2D eigenvalue weighted by molar-refractivity contribution is 0.103. The summed E-state index contributed by atoms with van der Waals surface area (Å²) < 4.78 is 22.3. The highest BCUT2D eigenvalue weighted by atomic mass is 127. The Kier molecular flexibility index (Phi) is 4.19. The van der Waals surface area contributed by atoms with Crippen molar-refractivity contribution in [2.75, 3.05) is 6.54 Å². The molecule has 1 aliphatic rings. The predicted molar refractivity (Wildman–Crippen MR) is 65.8 cm³/mol. The van der Waals surface area contributed by atoms with Gasteiger partial charge in [-0.15, -0.1) is 0 Å². The lowest BCUT2D eigenvalue weighted by Crippen LogP contribution is -2.64. The predicted octanol–water partition coefficient (Wildman–Crippen LogP) is 0.909. The smallest absolute Gasteiger partial charge is 0.215 e. The van der Waals surface area contributed by atoms with Gasteiger partial charge in [-0.05, 0) is 12.8 Å². The topological polar surface area (TPSA) is 63.4 Å². The minimum absolute atomic E-state index is 0.0486. The lowest BCUT2D eigenvalue weighted by Gasteiger charge is -2.47. The SMILES string of the molecule is CCC(CC)N1CC(S(N)(=O)=O)C1I. The average molecular weight is 332 g/mol. The maximum Gasteiger partial charge on any atom is 0.215 e. The molecule has 4 nitrogen and oxygen atoms in total. The van der Waals surface area contributed by atoms with Gasteiger partial charge in [-0.1, -0.05) is 36.4 Å². The quantitative estimate of drug-likeness (QED) is 0.473. The summed E-state index contributed by atoms with van der Waals surface area (Å²) in [6.45, 7) is 4.85. The van der Waals surface area contributed by atoms with Crippen LogP contribution in [0.25, 0.3) is 0 Å². The van der Waals surface area contributed by atoms with Crippen LogP contribution in [-0.2, 0) is 10.0 Å². The lowest BCUT2D eigenvalue weighted by atomic mass is 10.1. The zero-order valence-corrected chi connectivity index (χ0v) is 11.5. The number of nitrogens with zero attached hydrogens (tertiary/aromatic N) is 1. The van der Waals surface area contributed by atoms with Crippen LogP contribution in [0.2, 0.25) is 0 Å². The third kappa shape index (κ3) is 2.40. The van der Waals surface area contributed by atoms with Crippen molar-refractivity contribution in [2.45, 2.75) is 42.0 Å². The minimum Gasteiger partial charge on any atom is -0.286 e. The molecule has 1 rings (SSSR count). The van der Waals surface area contributed by atoms with Crippen LogP contribution in [0, 0.1) is 0 Å². The van der Waals surface area contributed by atoms with Crippen LogP contribution >= 0.6 is 22.6 Å². The Morgan fingerprint density at radius 2 is 2.00 bits per heavy atom. The molecule has 0 radical (unpaired) electrons. The van der Waals surface area contributed by atoms with Crippen molar-refractivity contribution in [3.63, 3.8) is 0 Å². The first kappa shape index (κ1) is 12.7. The van der Waals surface area contributed by atoms with Gasteiger partial charge in [-0.3, -0.25) is 4.90 Å². The van der Waals surface area contributed by atoms with E-state index in [-0.39, 0.29) is 9.30 Å². The fourth-order valence-electron chi connectivity index (χ4n) is 1.84. The van der Waals surface area contributed by atoms with E-state index in [1.807, 2.05) is 0 Å². The van der Waals surface area contributed by atoms with Gasteiger partial charge < -0.3 is 0 Å². The average Bonchev–Trinajstić information content (AvgIpc) is 2.08. The van der Waals surface area contributed by atoms with Gasteiger partial charge in [0.1, 0.15) is 5.25 Å². The van der Waals surface area contributed by atoms with Crippen LogP contribution in [0.3, 0.4) is 0 Å². The molecule has 0 spiro atoms. The Morgan fingerprint density at radius 1 is 1.50 bits per heavy atom. The zero-order valence-electron chi connectivity index (χ0n) is 8.48. The van der Waals surface area contributed by atoms with Crippen LogP contribution in [0.5, 0.6) is 0 Å². The molecule has 0 amide bonds. The molecule has 0 aromatic heterocycles. The van der Waals surface area contributed by atoms with Crippen molar-refractivity contribution in [2.24, 2.45) is 5.14 Å². The fraction of sp³-hybridized carbons (Fsp3) is 1.00. The van der Waals surface area contributed by atoms with Crippen LogP contribution < -0.4 is 5.14 Å². The zero-order chi connectivity index (χ0) is 10.9. The molecule has 0 saturated carbocycles. The van der Waals surface area contributed by atoms with Gasteiger partial charge >= 0.3 is 0 Å². The van der Waals surface area contributed by atoms with E-state index in [0.29, 0.717) is 12.6 Å². The van der Waals surface area contributed by atoms with E-state index in [0.717, 1.165) is 12.8 Å². The van der Waals surface area contributed by atoms with Gasteiger partial charge in [0.15, 0.2) is 0 Å². The van der Waals surface area contributed by atoms with Gasteiger partial charge in [0.05, 0.1) is 4.05 Å². The standard InChI is InChI=1S/C8H17IN2O2S/c1-3-6(4-2)11-5-7(8(11)9)14(10,12)13/h6-8H,3-5H2,1-2H3,(H2,10,12,13). The molecule has 2 atom stereocenters. The normalized spacial score (nSPS) is 29.2. The Labute approximate surface area is 99.4 Å². The Bertz CT molecular complexity index is 290. The first-order chi connectivity index (χ1) is 6.41. The number of primary sulfonamides is 1. The van der Waals surface area contributed by atoms with Crippen molar-refractivity contribution in [3.05, 3.63) is 0 Å². The Balaban J connectivity index is 2.60. The second-order valence-corrected chi connectivity index (χ2v) is 6.73. The Hall–Kier alpha value is 0.600. The summed E-state index contributed by atoms with van der Waals surface area (Å²) in [5.41, 5.74) is 0. The van der Waals surface area contributed by atoms with Crippen molar-refractivity contribution in [1.82, 2.24) is 4.90 Å². The number of sulfonamides is 1. The summed E-state index contributed by atoms with van der Waals surface area (Å²) in [5, 5.41) is 4.75. The van der Waals surface area contributed by atoms with Crippen molar-refractivity contribution < 1.29 is 8.42 Å². The molecule has 1 heterocycles. The molecule has 84 valence electrons. The molecule has 1 aliphatic heterocycles. The molecular weight excluding hydrogens is 315 g/mol. The number of rotatable bonds is 4. The molecule has 14 heavy (non-hydrogen) atoms. The van der Waals surface area contributed by atoms with E-state index in [9.17, 15) is 8.42 Å². The third-order valence-corrected chi connectivity index (χ3v) is 6.17. The number of halogens is 1. The van der Waals surface area contributed by atoms with E-state index in [4.69, 9.17) is 5.14 Å². The molecule has 2 N–H and O–H groups in total. The highest BCUT2D eigenvalue weighted by Gasteiger charge is 2.45. The summed E-state index contributed by atoms with van der Waals surface area (Å²) in [6.07, 6.45) is 2.13. The number of hydrogen-bond donors (Lipinski definition) is 1. The van der Waals surface area contributed by atoms with E-state index in [1.54, 1.807) is 0 Å². The second kappa shape index (κ2) is 4.63. The van der Waals surface area contributed by atoms with E-state index < -0.39 is 10.0 Å². The van der Waals surface area contributed by atoms with E-state index >= 15 is 0 Å². The number of nitrogens with two attached hydrogens (primary N) is 1. The first-order valence-corrected chi connectivity index (χ1v) is 7.68. The van der Waals surface area contributed by atoms with E-state index in [2.05, 4.69) is 41.3 Å². The minimum atomic E-state index is -3.35. The summed E-state index contributed by atoms with van der Waals surface area (Å²) in [7, 11) is -3.35. The number of alkyl halides is 1. The molecule has 6 heteroatoms. The summed E-state index contributed by atoms with van der Waals surface area (Å²) in [4.78, 5) is 2.22. The molecule has 0 bridgehead atoms. The second-order valence-electron chi connectivity index (χ2n) is 3.67. The molecule has 1 fully saturated rings. The largest absolute Gasteiger partial charge is 0.286 e. The van der Waals surface area contributed by atoms with Crippen LogP contribution in [-0.4, -0.2) is 35.2 Å². The van der Waals surface area contributed by atoms with Gasteiger partial charge in [-0.2, -0.15) is 0 Å². The maximum absolute atomic E-state index is 11.1. The third-order valence-electron chi connectivity index (χ3n) is 2.85. The maximum atomic E-state index is 11.1. The summed E-state index contributed by atoms with van der Waals surface area (Å²) >= 11 is 2.17. The molecule has 0 aromatic carbocycles. The highest BCUT2D eigenvalue weighted by molar-refractivity contribution is 14.1. The molecule has 1 saturated heterocycles.